The Kier molecular flexibility index (Phi) is 2.55. The first-order valence-electron chi connectivity index (χ1n) is 5.22. The van der Waals surface area contributed by atoms with Gasteiger partial charge < -0.3 is 4.74 Å². The lowest BCUT2D eigenvalue weighted by molar-refractivity contribution is -0.119. The van der Waals surface area contributed by atoms with Crippen LogP contribution >= 0.6 is 0 Å². The van der Waals surface area contributed by atoms with Gasteiger partial charge in [0.15, 0.2) is 0 Å². The molecule has 0 N–H and O–H groups in total. The van der Waals surface area contributed by atoms with Gasteiger partial charge >= 0.3 is 0 Å². The molecule has 1 unspecified atom stereocenters. The summed E-state index contributed by atoms with van der Waals surface area (Å²) in [5.74, 6) is 0.375. The second-order valence-corrected chi connectivity index (χ2v) is 4.04. The van der Waals surface area contributed by atoms with Crippen molar-refractivity contribution < 1.29 is 9.53 Å². The summed E-state index contributed by atoms with van der Waals surface area (Å²) in [6.45, 7) is 5.28. The molecule has 0 saturated carbocycles. The fourth-order valence-corrected chi connectivity index (χ4v) is 2.23. The summed E-state index contributed by atoms with van der Waals surface area (Å²) in [6.07, 6.45) is 4.05. The summed E-state index contributed by atoms with van der Waals surface area (Å²) in [5.41, 5.74) is 4.04. The number of ketones is 1. The van der Waals surface area contributed by atoms with E-state index in [1.54, 1.807) is 6.92 Å². The van der Waals surface area contributed by atoms with E-state index < -0.39 is 0 Å². The number of hydrogen-bond donors (Lipinski definition) is 0. The topological polar surface area (TPSA) is 26.3 Å². The standard InChI is InChI=1S/C12H16O2/c1-3-9-4-10(8(2)13)5-11-6-14-7-12(9)11/h5,10H,3-4,6-7H2,1-2H3. The van der Waals surface area contributed by atoms with Gasteiger partial charge in [0.2, 0.25) is 0 Å². The summed E-state index contributed by atoms with van der Waals surface area (Å²) in [5, 5.41) is 0. The first-order valence-corrected chi connectivity index (χ1v) is 5.22. The number of carbonyl (C=O) groups is 1. The van der Waals surface area contributed by atoms with E-state index in [1.807, 2.05) is 0 Å². The maximum atomic E-state index is 11.3. The van der Waals surface area contributed by atoms with Crippen LogP contribution in [0.3, 0.4) is 0 Å². The zero-order valence-electron chi connectivity index (χ0n) is 8.80. The molecule has 2 rings (SSSR count). The Morgan fingerprint density at radius 3 is 3.00 bits per heavy atom. The molecule has 0 bridgehead atoms. The SMILES string of the molecule is CCC1=C2COCC2=CC(C(C)=O)C1. The first kappa shape index (κ1) is 9.66. The van der Waals surface area contributed by atoms with Crippen LogP contribution in [0, 0.1) is 5.92 Å². The molecule has 1 fully saturated rings. The Bertz CT molecular complexity index is 323. The number of fused-ring (bicyclic) bond motifs is 1. The molecular weight excluding hydrogens is 176 g/mol. The maximum Gasteiger partial charge on any atom is 0.136 e. The molecule has 0 spiro atoms. The van der Waals surface area contributed by atoms with Crippen LogP contribution in [0.2, 0.25) is 0 Å². The second-order valence-electron chi connectivity index (χ2n) is 4.04. The highest BCUT2D eigenvalue weighted by molar-refractivity contribution is 5.81. The molecule has 14 heavy (non-hydrogen) atoms. The highest BCUT2D eigenvalue weighted by Gasteiger charge is 2.26. The van der Waals surface area contributed by atoms with Crippen molar-refractivity contribution in [2.24, 2.45) is 5.92 Å². The van der Waals surface area contributed by atoms with Crippen LogP contribution in [-0.4, -0.2) is 19.0 Å². The van der Waals surface area contributed by atoms with E-state index in [4.69, 9.17) is 4.74 Å². The average molecular weight is 192 g/mol. The van der Waals surface area contributed by atoms with Crippen LogP contribution in [0.15, 0.2) is 22.8 Å². The van der Waals surface area contributed by atoms with Crippen molar-refractivity contribution in [1.29, 1.82) is 0 Å². The number of Topliss-reactive ketones (excluding diaryl/α,β-unsaturated/α-hetero) is 1. The third kappa shape index (κ3) is 1.55. The smallest absolute Gasteiger partial charge is 0.136 e. The van der Waals surface area contributed by atoms with Gasteiger partial charge in [-0.25, -0.2) is 0 Å². The zero-order chi connectivity index (χ0) is 10.1. The maximum absolute atomic E-state index is 11.3. The average Bonchev–Trinajstić information content (AvgIpc) is 2.63. The normalized spacial score (nSPS) is 26.1. The molecule has 2 heteroatoms. The first-order chi connectivity index (χ1) is 6.72. The number of hydrogen-bond acceptors (Lipinski definition) is 2. The lowest BCUT2D eigenvalue weighted by atomic mass is 9.83. The molecular formula is C12H16O2. The fourth-order valence-electron chi connectivity index (χ4n) is 2.23. The van der Waals surface area contributed by atoms with Gasteiger partial charge in [-0.05, 0) is 30.9 Å². The van der Waals surface area contributed by atoms with Gasteiger partial charge in [-0.1, -0.05) is 18.6 Å². The Balaban J connectivity index is 2.31. The summed E-state index contributed by atoms with van der Waals surface area (Å²) in [6, 6.07) is 0. The van der Waals surface area contributed by atoms with Crippen LogP contribution in [0.5, 0.6) is 0 Å². The molecule has 1 aliphatic heterocycles. The fraction of sp³-hybridized carbons (Fsp3) is 0.583. The van der Waals surface area contributed by atoms with E-state index in [-0.39, 0.29) is 11.7 Å². The summed E-state index contributed by atoms with van der Waals surface area (Å²) in [7, 11) is 0. The van der Waals surface area contributed by atoms with Crippen LogP contribution in [-0.2, 0) is 9.53 Å². The number of allylic oxidation sites excluding steroid dienone is 2. The summed E-state index contributed by atoms with van der Waals surface area (Å²) < 4.78 is 5.41. The molecule has 1 aliphatic carbocycles. The summed E-state index contributed by atoms with van der Waals surface area (Å²) in [4.78, 5) is 11.3. The van der Waals surface area contributed by atoms with E-state index in [1.165, 1.54) is 16.7 Å². The van der Waals surface area contributed by atoms with Gasteiger partial charge in [-0.3, -0.25) is 4.79 Å². The monoisotopic (exact) mass is 192 g/mol. The third-order valence-corrected chi connectivity index (χ3v) is 3.14. The van der Waals surface area contributed by atoms with Crippen molar-refractivity contribution in [1.82, 2.24) is 0 Å². The molecule has 0 aromatic rings. The molecule has 0 aromatic heterocycles. The van der Waals surface area contributed by atoms with Gasteiger partial charge in [-0.15, -0.1) is 0 Å². The third-order valence-electron chi connectivity index (χ3n) is 3.14. The van der Waals surface area contributed by atoms with Crippen molar-refractivity contribution in [3.63, 3.8) is 0 Å². The highest BCUT2D eigenvalue weighted by atomic mass is 16.5. The van der Waals surface area contributed by atoms with E-state index in [2.05, 4.69) is 13.0 Å². The van der Waals surface area contributed by atoms with Crippen molar-refractivity contribution in [2.75, 3.05) is 13.2 Å². The Hall–Kier alpha value is -0.890. The number of ether oxygens (including phenoxy) is 1. The van der Waals surface area contributed by atoms with E-state index in [9.17, 15) is 4.79 Å². The minimum atomic E-state index is 0.102. The minimum absolute atomic E-state index is 0.102. The van der Waals surface area contributed by atoms with Crippen LogP contribution < -0.4 is 0 Å². The Labute approximate surface area is 84.6 Å². The van der Waals surface area contributed by atoms with Crippen molar-refractivity contribution in [3.05, 3.63) is 22.8 Å². The molecule has 1 saturated heterocycles. The van der Waals surface area contributed by atoms with Crippen LogP contribution in [0.4, 0.5) is 0 Å². The molecule has 0 amide bonds. The van der Waals surface area contributed by atoms with Gasteiger partial charge in [0.05, 0.1) is 13.2 Å². The number of carbonyl (C=O) groups excluding carboxylic acids is 1. The lowest BCUT2D eigenvalue weighted by Crippen LogP contribution is -2.15. The highest BCUT2D eigenvalue weighted by Crippen LogP contribution is 2.34. The van der Waals surface area contributed by atoms with Gasteiger partial charge in [0.25, 0.3) is 0 Å². The molecule has 0 aromatic carbocycles. The van der Waals surface area contributed by atoms with E-state index in [0.29, 0.717) is 6.61 Å². The molecule has 1 heterocycles. The van der Waals surface area contributed by atoms with Crippen molar-refractivity contribution >= 4 is 5.78 Å². The largest absolute Gasteiger partial charge is 0.372 e. The molecule has 76 valence electrons. The predicted octanol–water partition coefficient (Wildman–Crippen LogP) is 2.26. The van der Waals surface area contributed by atoms with Gasteiger partial charge in [-0.2, -0.15) is 0 Å². The van der Waals surface area contributed by atoms with Crippen LogP contribution in [0.1, 0.15) is 26.7 Å². The Morgan fingerprint density at radius 1 is 1.57 bits per heavy atom. The van der Waals surface area contributed by atoms with Crippen molar-refractivity contribution in [2.45, 2.75) is 26.7 Å². The minimum Gasteiger partial charge on any atom is -0.372 e. The molecule has 0 radical (unpaired) electrons. The summed E-state index contributed by atoms with van der Waals surface area (Å²) >= 11 is 0. The number of rotatable bonds is 2. The predicted molar refractivity (Wildman–Crippen MR) is 55.0 cm³/mol. The second kappa shape index (κ2) is 3.70. The molecule has 2 nitrogen and oxygen atoms in total. The molecule has 2 aliphatic rings. The quantitative estimate of drug-likeness (QED) is 0.670. The van der Waals surface area contributed by atoms with Gasteiger partial charge in [0.1, 0.15) is 5.78 Å². The Morgan fingerprint density at radius 2 is 2.36 bits per heavy atom. The zero-order valence-corrected chi connectivity index (χ0v) is 8.80. The lowest BCUT2D eigenvalue weighted by Gasteiger charge is -2.20. The molecule has 1 atom stereocenters. The van der Waals surface area contributed by atoms with Gasteiger partial charge in [0, 0.05) is 5.92 Å². The van der Waals surface area contributed by atoms with Crippen LogP contribution in [0.25, 0.3) is 0 Å². The van der Waals surface area contributed by atoms with E-state index in [0.717, 1.165) is 19.4 Å². The van der Waals surface area contributed by atoms with E-state index >= 15 is 0 Å². The van der Waals surface area contributed by atoms with Crippen molar-refractivity contribution in [3.8, 4) is 0 Å².